The molecule has 2 fully saturated rings. The Bertz CT molecular complexity index is 689. The van der Waals surface area contributed by atoms with E-state index in [9.17, 15) is 13.2 Å². The highest BCUT2D eigenvalue weighted by Gasteiger charge is 2.41. The van der Waals surface area contributed by atoms with Crippen molar-refractivity contribution in [2.45, 2.75) is 17.9 Å². The summed E-state index contributed by atoms with van der Waals surface area (Å²) in [5, 5.41) is 0. The third kappa shape index (κ3) is 2.64. The van der Waals surface area contributed by atoms with Gasteiger partial charge in [-0.25, -0.2) is 8.42 Å². The molecule has 1 amide bonds. The van der Waals surface area contributed by atoms with Crippen LogP contribution in [0.25, 0.3) is 0 Å². The molecule has 0 saturated carbocycles. The van der Waals surface area contributed by atoms with Crippen molar-refractivity contribution in [3.8, 4) is 0 Å². The number of carbonyl (C=O) groups excluding carboxylic acids is 1. The maximum Gasteiger partial charge on any atom is 0.243 e. The van der Waals surface area contributed by atoms with E-state index in [1.54, 1.807) is 30.1 Å². The van der Waals surface area contributed by atoms with Gasteiger partial charge in [-0.3, -0.25) is 4.79 Å². The van der Waals surface area contributed by atoms with Crippen molar-refractivity contribution >= 4 is 15.9 Å². The van der Waals surface area contributed by atoms with Gasteiger partial charge in [0.2, 0.25) is 15.9 Å². The summed E-state index contributed by atoms with van der Waals surface area (Å²) in [6.45, 7) is 2.96. The molecule has 7 heteroatoms. The summed E-state index contributed by atoms with van der Waals surface area (Å²) in [5.41, 5.74) is 0.896. The van der Waals surface area contributed by atoms with E-state index >= 15 is 0 Å². The Morgan fingerprint density at radius 3 is 2.73 bits per heavy atom. The fraction of sp³-hybridized carbons (Fsp3) is 0.533. The summed E-state index contributed by atoms with van der Waals surface area (Å²) in [4.78, 5) is 14.2. The predicted octanol–water partition coefficient (Wildman–Crippen LogP) is 0.473. The van der Waals surface area contributed by atoms with Crippen molar-refractivity contribution in [2.75, 3.05) is 33.4 Å². The van der Waals surface area contributed by atoms with Crippen LogP contribution in [0.15, 0.2) is 29.2 Å². The molecule has 0 aliphatic carbocycles. The average molecular weight is 324 g/mol. The summed E-state index contributed by atoms with van der Waals surface area (Å²) >= 11 is 0. The summed E-state index contributed by atoms with van der Waals surface area (Å²) in [7, 11) is -1.88. The lowest BCUT2D eigenvalue weighted by Crippen LogP contribution is -2.45. The molecule has 2 aliphatic rings. The van der Waals surface area contributed by atoms with Crippen molar-refractivity contribution in [3.05, 3.63) is 29.8 Å². The molecule has 22 heavy (non-hydrogen) atoms. The van der Waals surface area contributed by atoms with Crippen LogP contribution in [-0.4, -0.2) is 62.9 Å². The Morgan fingerprint density at radius 1 is 1.23 bits per heavy atom. The zero-order valence-corrected chi connectivity index (χ0v) is 13.5. The zero-order chi connectivity index (χ0) is 15.9. The van der Waals surface area contributed by atoms with E-state index in [0.717, 1.165) is 5.56 Å². The number of hydrogen-bond donors (Lipinski definition) is 0. The predicted molar refractivity (Wildman–Crippen MR) is 80.8 cm³/mol. The molecule has 1 aromatic rings. The van der Waals surface area contributed by atoms with Gasteiger partial charge < -0.3 is 9.64 Å². The Kier molecular flexibility index (Phi) is 3.96. The third-order valence-electron chi connectivity index (χ3n) is 4.34. The van der Waals surface area contributed by atoms with E-state index in [2.05, 4.69) is 0 Å². The van der Waals surface area contributed by atoms with Crippen molar-refractivity contribution in [1.82, 2.24) is 9.21 Å². The normalized spacial score (nSPS) is 26.8. The number of amides is 1. The molecule has 2 heterocycles. The van der Waals surface area contributed by atoms with Crippen LogP contribution in [0, 0.1) is 12.8 Å². The second-order valence-corrected chi connectivity index (χ2v) is 7.91. The minimum atomic E-state index is -3.60. The maximum atomic E-state index is 12.9. The van der Waals surface area contributed by atoms with E-state index in [4.69, 9.17) is 4.74 Å². The van der Waals surface area contributed by atoms with Gasteiger partial charge in [0.25, 0.3) is 0 Å². The molecule has 2 aliphatic heterocycles. The standard InChI is InChI=1S/C15H20N2O4S/c1-11-4-3-5-14(6-11)22(19,20)17-7-12-9-21-10-13(8-17)16(2)15(12)18/h3-6,12-13H,7-10H2,1-2H3/t12-,13+/m1/s1. The third-order valence-corrected chi connectivity index (χ3v) is 6.17. The molecule has 120 valence electrons. The molecule has 3 rings (SSSR count). The molecule has 0 radical (unpaired) electrons. The Labute approximate surface area is 130 Å². The second-order valence-electron chi connectivity index (χ2n) is 5.98. The molecule has 2 saturated heterocycles. The first-order chi connectivity index (χ1) is 10.4. The SMILES string of the molecule is Cc1cccc(S(=O)(=O)N2C[C@@H]3COC[C@H](C2)N(C)C3=O)c1. The molecular formula is C15H20N2O4S. The number of ether oxygens (including phenoxy) is 1. The molecule has 2 atom stereocenters. The molecular weight excluding hydrogens is 304 g/mol. The number of likely N-dealkylation sites (N-methyl/N-ethyl adjacent to an activating group) is 1. The minimum Gasteiger partial charge on any atom is -0.378 e. The second kappa shape index (κ2) is 5.64. The van der Waals surface area contributed by atoms with Gasteiger partial charge in [-0.2, -0.15) is 4.31 Å². The van der Waals surface area contributed by atoms with Gasteiger partial charge in [-0.1, -0.05) is 12.1 Å². The lowest BCUT2D eigenvalue weighted by atomic mass is 10.1. The zero-order valence-electron chi connectivity index (χ0n) is 12.7. The van der Waals surface area contributed by atoms with Crippen LogP contribution in [0.5, 0.6) is 0 Å². The molecule has 0 aromatic heterocycles. The Balaban J connectivity index is 1.96. The smallest absolute Gasteiger partial charge is 0.243 e. The number of carbonyl (C=O) groups is 1. The number of sulfonamides is 1. The van der Waals surface area contributed by atoms with E-state index in [1.807, 2.05) is 13.0 Å². The molecule has 6 nitrogen and oxygen atoms in total. The number of nitrogens with zero attached hydrogens (tertiary/aromatic N) is 2. The highest BCUT2D eigenvalue weighted by Crippen LogP contribution is 2.25. The van der Waals surface area contributed by atoms with Gasteiger partial charge in [0.1, 0.15) is 0 Å². The summed E-state index contributed by atoms with van der Waals surface area (Å²) in [6, 6.07) is 6.63. The lowest BCUT2D eigenvalue weighted by Gasteiger charge is -2.28. The van der Waals surface area contributed by atoms with Crippen LogP contribution in [-0.2, 0) is 19.6 Å². The first-order valence-electron chi connectivity index (χ1n) is 7.31. The van der Waals surface area contributed by atoms with Crippen molar-refractivity contribution in [1.29, 1.82) is 0 Å². The molecule has 1 aromatic carbocycles. The lowest BCUT2D eigenvalue weighted by molar-refractivity contribution is -0.133. The fourth-order valence-electron chi connectivity index (χ4n) is 2.98. The van der Waals surface area contributed by atoms with Gasteiger partial charge in [0, 0.05) is 20.1 Å². The highest BCUT2D eigenvalue weighted by atomic mass is 32.2. The van der Waals surface area contributed by atoms with Crippen LogP contribution in [0.4, 0.5) is 0 Å². The highest BCUT2D eigenvalue weighted by molar-refractivity contribution is 7.89. The van der Waals surface area contributed by atoms with Crippen molar-refractivity contribution in [2.24, 2.45) is 5.92 Å². The Morgan fingerprint density at radius 2 is 2.00 bits per heavy atom. The van der Waals surface area contributed by atoms with Crippen LogP contribution < -0.4 is 0 Å². The molecule has 0 spiro atoms. The topological polar surface area (TPSA) is 66.9 Å². The maximum absolute atomic E-state index is 12.9. The number of aryl methyl sites for hydroxylation is 1. The van der Waals surface area contributed by atoms with Crippen LogP contribution in [0.1, 0.15) is 5.56 Å². The number of rotatable bonds is 2. The quantitative estimate of drug-likeness (QED) is 0.793. The van der Waals surface area contributed by atoms with Gasteiger partial charge in [-0.15, -0.1) is 0 Å². The number of fused-ring (bicyclic) bond motifs is 3. The minimum absolute atomic E-state index is 0.0376. The van der Waals surface area contributed by atoms with E-state index < -0.39 is 15.9 Å². The number of hydrogen-bond acceptors (Lipinski definition) is 4. The van der Waals surface area contributed by atoms with Crippen LogP contribution in [0.2, 0.25) is 0 Å². The molecule has 2 bridgehead atoms. The van der Waals surface area contributed by atoms with E-state index in [0.29, 0.717) is 6.61 Å². The monoisotopic (exact) mass is 324 g/mol. The fourth-order valence-corrected chi connectivity index (χ4v) is 4.61. The molecule has 0 N–H and O–H groups in total. The average Bonchev–Trinajstić information content (AvgIpc) is 2.65. The van der Waals surface area contributed by atoms with E-state index in [-0.39, 0.29) is 36.5 Å². The van der Waals surface area contributed by atoms with Crippen molar-refractivity contribution < 1.29 is 17.9 Å². The van der Waals surface area contributed by atoms with Gasteiger partial charge in [0.15, 0.2) is 0 Å². The van der Waals surface area contributed by atoms with Gasteiger partial charge in [-0.05, 0) is 24.6 Å². The summed E-state index contributed by atoms with van der Waals surface area (Å²) < 4.78 is 32.7. The summed E-state index contributed by atoms with van der Waals surface area (Å²) in [6.07, 6.45) is 0. The van der Waals surface area contributed by atoms with E-state index in [1.165, 1.54) is 4.31 Å². The van der Waals surface area contributed by atoms with Crippen LogP contribution in [0.3, 0.4) is 0 Å². The first kappa shape index (κ1) is 15.5. The van der Waals surface area contributed by atoms with Gasteiger partial charge >= 0.3 is 0 Å². The number of benzene rings is 1. The van der Waals surface area contributed by atoms with Gasteiger partial charge in [0.05, 0.1) is 30.1 Å². The van der Waals surface area contributed by atoms with Crippen LogP contribution >= 0.6 is 0 Å². The Hall–Kier alpha value is -1.44. The van der Waals surface area contributed by atoms with Crippen molar-refractivity contribution in [3.63, 3.8) is 0 Å². The molecule has 0 unspecified atom stereocenters. The largest absolute Gasteiger partial charge is 0.378 e. The first-order valence-corrected chi connectivity index (χ1v) is 8.75. The summed E-state index contributed by atoms with van der Waals surface area (Å²) in [5.74, 6) is -0.471.